The van der Waals surface area contributed by atoms with Crippen molar-refractivity contribution in [2.24, 2.45) is 0 Å². The fourth-order valence-electron chi connectivity index (χ4n) is 2.39. The van der Waals surface area contributed by atoms with Crippen molar-refractivity contribution in [3.8, 4) is 0 Å². The summed E-state index contributed by atoms with van der Waals surface area (Å²) >= 11 is 0. The van der Waals surface area contributed by atoms with Crippen molar-refractivity contribution < 1.29 is 24.5 Å². The average Bonchev–Trinajstić information content (AvgIpc) is 2.58. The van der Waals surface area contributed by atoms with Crippen LogP contribution in [0.1, 0.15) is 77.6 Å². The first-order valence-corrected chi connectivity index (χ1v) is 9.15. The Bertz CT molecular complexity index is 365. The molecule has 0 heterocycles. The van der Waals surface area contributed by atoms with Gasteiger partial charge in [-0.3, -0.25) is 9.59 Å². The highest BCUT2D eigenvalue weighted by Crippen LogP contribution is 2.10. The molecule has 2 atom stereocenters. The fraction of sp³-hybridized carbons (Fsp3) is 0.789. The van der Waals surface area contributed by atoms with Crippen LogP contribution in [0.15, 0.2) is 12.2 Å². The van der Waals surface area contributed by atoms with Gasteiger partial charge in [0.1, 0.15) is 0 Å². The highest BCUT2D eigenvalue weighted by atomic mass is 16.5. The minimum Gasteiger partial charge on any atom is -0.469 e. The van der Waals surface area contributed by atoms with E-state index in [1.54, 1.807) is 0 Å². The highest BCUT2D eigenvalue weighted by molar-refractivity contribution is 5.89. The van der Waals surface area contributed by atoms with Gasteiger partial charge in [-0.2, -0.15) is 0 Å². The zero-order chi connectivity index (χ0) is 18.2. The Balaban J connectivity index is 3.73. The summed E-state index contributed by atoms with van der Waals surface area (Å²) in [6.07, 6.45) is 9.92. The molecule has 0 unspecified atom stereocenters. The molecule has 0 aliphatic rings. The second-order valence-electron chi connectivity index (χ2n) is 6.22. The number of aliphatic hydroxyl groups is 2. The van der Waals surface area contributed by atoms with Gasteiger partial charge in [-0.05, 0) is 25.3 Å². The molecule has 140 valence electrons. The van der Waals surface area contributed by atoms with Crippen molar-refractivity contribution in [2.45, 2.75) is 89.8 Å². The van der Waals surface area contributed by atoms with Gasteiger partial charge in [0.2, 0.25) is 0 Å². The third-order valence-electron chi connectivity index (χ3n) is 4.01. The van der Waals surface area contributed by atoms with Gasteiger partial charge < -0.3 is 14.9 Å². The van der Waals surface area contributed by atoms with Crippen molar-refractivity contribution in [3.05, 3.63) is 12.2 Å². The lowest BCUT2D eigenvalue weighted by Crippen LogP contribution is -2.23. The highest BCUT2D eigenvalue weighted by Gasteiger charge is 2.12. The fourth-order valence-corrected chi connectivity index (χ4v) is 2.39. The van der Waals surface area contributed by atoms with Gasteiger partial charge in [0.05, 0.1) is 19.3 Å². The largest absolute Gasteiger partial charge is 0.469 e. The first-order chi connectivity index (χ1) is 11.5. The van der Waals surface area contributed by atoms with Gasteiger partial charge in [-0.1, -0.05) is 51.5 Å². The van der Waals surface area contributed by atoms with E-state index in [0.29, 0.717) is 19.3 Å². The molecular formula is C19H34O5. The lowest BCUT2D eigenvalue weighted by molar-refractivity contribution is -0.140. The Morgan fingerprint density at radius 1 is 0.958 bits per heavy atom. The topological polar surface area (TPSA) is 83.8 Å². The summed E-state index contributed by atoms with van der Waals surface area (Å²) in [5, 5.41) is 19.6. The van der Waals surface area contributed by atoms with Crippen LogP contribution in [0.4, 0.5) is 0 Å². The van der Waals surface area contributed by atoms with Crippen LogP contribution in [0, 0.1) is 0 Å². The maximum atomic E-state index is 11.7. The van der Waals surface area contributed by atoms with E-state index in [1.807, 2.05) is 0 Å². The normalized spacial score (nSPS) is 13.8. The number of esters is 1. The number of ether oxygens (including phenoxy) is 1. The maximum absolute atomic E-state index is 11.7. The molecule has 0 fully saturated rings. The smallest absolute Gasteiger partial charge is 0.305 e. The Hall–Kier alpha value is -1.20. The van der Waals surface area contributed by atoms with Crippen molar-refractivity contribution in [3.63, 3.8) is 0 Å². The quantitative estimate of drug-likeness (QED) is 0.271. The van der Waals surface area contributed by atoms with Crippen LogP contribution in [-0.2, 0) is 14.3 Å². The Labute approximate surface area is 146 Å². The molecule has 0 rings (SSSR count). The van der Waals surface area contributed by atoms with Crippen LogP contribution >= 0.6 is 0 Å². The molecule has 0 aliphatic heterocycles. The Kier molecular flexibility index (Phi) is 14.6. The Morgan fingerprint density at radius 2 is 1.58 bits per heavy atom. The van der Waals surface area contributed by atoms with Gasteiger partial charge in [0.15, 0.2) is 5.78 Å². The number of methoxy groups -OCH3 is 1. The van der Waals surface area contributed by atoms with Gasteiger partial charge in [-0.15, -0.1) is 0 Å². The number of hydrogen-bond donors (Lipinski definition) is 2. The molecule has 0 amide bonds. The number of aliphatic hydroxyl groups excluding tert-OH is 2. The van der Waals surface area contributed by atoms with Crippen LogP contribution in [0.25, 0.3) is 0 Å². The first kappa shape index (κ1) is 22.8. The second kappa shape index (κ2) is 15.3. The first-order valence-electron chi connectivity index (χ1n) is 9.15. The third-order valence-corrected chi connectivity index (χ3v) is 4.01. The Morgan fingerprint density at radius 3 is 2.21 bits per heavy atom. The molecule has 0 saturated heterocycles. The molecule has 5 heteroatoms. The summed E-state index contributed by atoms with van der Waals surface area (Å²) < 4.78 is 4.56. The molecule has 5 nitrogen and oxygen atoms in total. The third kappa shape index (κ3) is 13.3. The molecule has 24 heavy (non-hydrogen) atoms. The van der Waals surface area contributed by atoms with Crippen molar-refractivity contribution in [2.75, 3.05) is 7.11 Å². The predicted octanol–water partition coefficient (Wildman–Crippen LogP) is 3.32. The van der Waals surface area contributed by atoms with Crippen LogP contribution in [0.3, 0.4) is 0 Å². The number of allylic oxidation sites excluding steroid dienone is 1. The number of unbranched alkanes of at least 4 members (excludes halogenated alkanes) is 6. The van der Waals surface area contributed by atoms with Crippen LogP contribution in [0.2, 0.25) is 0 Å². The van der Waals surface area contributed by atoms with Gasteiger partial charge in [-0.25, -0.2) is 0 Å². The lowest BCUT2D eigenvalue weighted by Gasteiger charge is -2.14. The summed E-state index contributed by atoms with van der Waals surface area (Å²) in [6.45, 7) is 2.12. The molecule has 0 saturated carbocycles. The van der Waals surface area contributed by atoms with Crippen LogP contribution in [0.5, 0.6) is 0 Å². The summed E-state index contributed by atoms with van der Waals surface area (Å²) in [7, 11) is 1.38. The minimum atomic E-state index is -0.976. The molecule has 0 aliphatic carbocycles. The van der Waals surface area contributed by atoms with E-state index in [2.05, 4.69) is 11.7 Å². The molecule has 0 aromatic rings. The number of carbonyl (C=O) groups excluding carboxylic acids is 2. The SMILES string of the molecule is CCCCCC[C@@H](O)[C@@H](O)/C=C/C(=O)CCCCCCC(=O)OC. The predicted molar refractivity (Wildman–Crippen MR) is 94.6 cm³/mol. The van der Waals surface area contributed by atoms with Gasteiger partial charge in [0.25, 0.3) is 0 Å². The molecule has 0 aromatic heterocycles. The number of rotatable bonds is 15. The van der Waals surface area contributed by atoms with Crippen molar-refractivity contribution in [1.29, 1.82) is 0 Å². The van der Waals surface area contributed by atoms with E-state index in [1.165, 1.54) is 19.3 Å². The zero-order valence-corrected chi connectivity index (χ0v) is 15.2. The van der Waals surface area contributed by atoms with E-state index < -0.39 is 12.2 Å². The van der Waals surface area contributed by atoms with Gasteiger partial charge in [0, 0.05) is 12.8 Å². The average molecular weight is 342 g/mol. The zero-order valence-electron chi connectivity index (χ0n) is 15.2. The van der Waals surface area contributed by atoms with E-state index in [0.717, 1.165) is 51.4 Å². The van der Waals surface area contributed by atoms with E-state index in [9.17, 15) is 19.8 Å². The summed E-state index contributed by atoms with van der Waals surface area (Å²) in [4.78, 5) is 22.6. The number of ketones is 1. The van der Waals surface area contributed by atoms with E-state index in [4.69, 9.17) is 0 Å². The molecule has 0 radical (unpaired) electrons. The monoisotopic (exact) mass is 342 g/mol. The summed E-state index contributed by atoms with van der Waals surface area (Å²) in [5.74, 6) is -0.239. The van der Waals surface area contributed by atoms with Crippen LogP contribution < -0.4 is 0 Å². The lowest BCUT2D eigenvalue weighted by atomic mass is 10.0. The van der Waals surface area contributed by atoms with E-state index >= 15 is 0 Å². The van der Waals surface area contributed by atoms with E-state index in [-0.39, 0.29) is 11.8 Å². The van der Waals surface area contributed by atoms with Crippen molar-refractivity contribution in [1.82, 2.24) is 0 Å². The van der Waals surface area contributed by atoms with Crippen LogP contribution in [-0.4, -0.2) is 41.3 Å². The molecule has 0 bridgehead atoms. The second-order valence-corrected chi connectivity index (χ2v) is 6.22. The van der Waals surface area contributed by atoms with Gasteiger partial charge >= 0.3 is 5.97 Å². The maximum Gasteiger partial charge on any atom is 0.305 e. The summed E-state index contributed by atoms with van der Waals surface area (Å²) in [5.41, 5.74) is 0. The van der Waals surface area contributed by atoms with Crippen molar-refractivity contribution >= 4 is 11.8 Å². The molecule has 2 N–H and O–H groups in total. The molecule has 0 spiro atoms. The standard InChI is InChI=1S/C19H34O5/c1-3-4-5-9-12-17(21)18(22)15-14-16(20)11-8-6-7-10-13-19(23)24-2/h14-15,17-18,21-22H,3-13H2,1-2H3/b15-14+/t17-,18+/m1/s1. The summed E-state index contributed by atoms with van der Waals surface area (Å²) in [6, 6.07) is 0. The number of carbonyl (C=O) groups is 2. The number of hydrogen-bond acceptors (Lipinski definition) is 5. The minimum absolute atomic E-state index is 0.0415. The molecular weight excluding hydrogens is 308 g/mol. The molecule has 0 aromatic carbocycles.